The van der Waals surface area contributed by atoms with Crippen molar-refractivity contribution < 1.29 is 13.2 Å². The lowest BCUT2D eigenvalue weighted by Gasteiger charge is -2.25. The Balaban J connectivity index is 2.68. The number of rotatable bonds is 8. The van der Waals surface area contributed by atoms with Crippen LogP contribution in [-0.2, 0) is 14.8 Å². The molecule has 0 atom stereocenters. The molecule has 0 radical (unpaired) electrons. The van der Waals surface area contributed by atoms with Crippen LogP contribution in [-0.4, -0.2) is 33.7 Å². The van der Waals surface area contributed by atoms with Crippen molar-refractivity contribution in [2.45, 2.75) is 38.2 Å². The SMILES string of the molecule is CCNS(=O)(=O)c1ccc(NCC(C)(C)OCC)cc1. The van der Waals surface area contributed by atoms with E-state index >= 15 is 0 Å². The molecule has 0 aliphatic rings. The molecule has 0 spiro atoms. The first-order chi connectivity index (χ1) is 9.30. The van der Waals surface area contributed by atoms with Crippen molar-refractivity contribution in [3.05, 3.63) is 24.3 Å². The van der Waals surface area contributed by atoms with Crippen LogP contribution in [0.15, 0.2) is 29.2 Å². The second-order valence-electron chi connectivity index (χ2n) is 5.07. The summed E-state index contributed by atoms with van der Waals surface area (Å²) in [5.41, 5.74) is 0.608. The van der Waals surface area contributed by atoms with E-state index in [1.807, 2.05) is 20.8 Å². The highest BCUT2D eigenvalue weighted by molar-refractivity contribution is 7.89. The van der Waals surface area contributed by atoms with Crippen LogP contribution in [0.4, 0.5) is 5.69 Å². The Hall–Kier alpha value is -1.11. The lowest BCUT2D eigenvalue weighted by molar-refractivity contribution is 0.000697. The first kappa shape index (κ1) is 16.9. The van der Waals surface area contributed by atoms with Crippen LogP contribution >= 0.6 is 0 Å². The minimum Gasteiger partial charge on any atom is -0.382 e. The third-order valence-corrected chi connectivity index (χ3v) is 4.31. The van der Waals surface area contributed by atoms with Crippen molar-refractivity contribution in [2.24, 2.45) is 0 Å². The van der Waals surface area contributed by atoms with Gasteiger partial charge in [0, 0.05) is 25.4 Å². The Morgan fingerprint density at radius 1 is 1.15 bits per heavy atom. The third kappa shape index (κ3) is 5.11. The Morgan fingerprint density at radius 3 is 2.25 bits per heavy atom. The van der Waals surface area contributed by atoms with Gasteiger partial charge in [0.05, 0.1) is 10.5 Å². The van der Waals surface area contributed by atoms with Gasteiger partial charge in [-0.1, -0.05) is 6.92 Å². The molecule has 5 nitrogen and oxygen atoms in total. The van der Waals surface area contributed by atoms with Crippen molar-refractivity contribution in [2.75, 3.05) is 25.0 Å². The summed E-state index contributed by atoms with van der Waals surface area (Å²) < 4.78 is 31.6. The summed E-state index contributed by atoms with van der Waals surface area (Å²) in [6, 6.07) is 6.69. The highest BCUT2D eigenvalue weighted by Gasteiger charge is 2.17. The third-order valence-electron chi connectivity index (χ3n) is 2.75. The molecule has 0 bridgehead atoms. The van der Waals surface area contributed by atoms with Gasteiger partial charge in [0.2, 0.25) is 10.0 Å². The first-order valence-electron chi connectivity index (χ1n) is 6.78. The minimum absolute atomic E-state index is 0.261. The van der Waals surface area contributed by atoms with Gasteiger partial charge in [-0.3, -0.25) is 0 Å². The van der Waals surface area contributed by atoms with Crippen LogP contribution in [0, 0.1) is 0 Å². The fourth-order valence-corrected chi connectivity index (χ4v) is 2.82. The second kappa shape index (κ2) is 7.06. The van der Waals surface area contributed by atoms with Gasteiger partial charge in [-0.15, -0.1) is 0 Å². The lowest BCUT2D eigenvalue weighted by atomic mass is 10.1. The van der Waals surface area contributed by atoms with E-state index in [1.165, 1.54) is 0 Å². The van der Waals surface area contributed by atoms with E-state index in [1.54, 1.807) is 31.2 Å². The van der Waals surface area contributed by atoms with Crippen LogP contribution in [0.3, 0.4) is 0 Å². The zero-order valence-corrected chi connectivity index (χ0v) is 13.4. The molecule has 0 saturated carbocycles. The maximum atomic E-state index is 11.8. The van der Waals surface area contributed by atoms with Gasteiger partial charge in [-0.25, -0.2) is 13.1 Å². The molecule has 0 unspecified atom stereocenters. The van der Waals surface area contributed by atoms with Gasteiger partial charge in [0.1, 0.15) is 0 Å². The van der Waals surface area contributed by atoms with Crippen LogP contribution < -0.4 is 10.0 Å². The lowest BCUT2D eigenvalue weighted by Crippen LogP contribution is -2.33. The number of nitrogens with one attached hydrogen (secondary N) is 2. The van der Waals surface area contributed by atoms with Gasteiger partial charge in [0.15, 0.2) is 0 Å². The highest BCUT2D eigenvalue weighted by Crippen LogP contribution is 2.16. The average Bonchev–Trinajstić information content (AvgIpc) is 2.37. The molecule has 1 aromatic carbocycles. The van der Waals surface area contributed by atoms with Crippen molar-refractivity contribution >= 4 is 15.7 Å². The summed E-state index contributed by atoms with van der Waals surface area (Å²) in [7, 11) is -3.38. The molecule has 6 heteroatoms. The highest BCUT2D eigenvalue weighted by atomic mass is 32.2. The zero-order valence-electron chi connectivity index (χ0n) is 12.6. The number of sulfonamides is 1. The Kier molecular flexibility index (Phi) is 5.98. The van der Waals surface area contributed by atoms with E-state index in [9.17, 15) is 8.42 Å². The van der Waals surface area contributed by atoms with Crippen LogP contribution in [0.5, 0.6) is 0 Å². The molecular formula is C14H24N2O3S. The normalized spacial score (nSPS) is 12.4. The summed E-state index contributed by atoms with van der Waals surface area (Å²) in [6.07, 6.45) is 0. The number of ether oxygens (including phenoxy) is 1. The topological polar surface area (TPSA) is 67.4 Å². The number of anilines is 1. The standard InChI is InChI=1S/C14H24N2O3S/c1-5-16-20(17,18)13-9-7-12(8-10-13)15-11-14(3,4)19-6-2/h7-10,15-16H,5-6,11H2,1-4H3. The fraction of sp³-hybridized carbons (Fsp3) is 0.571. The van der Waals surface area contributed by atoms with Gasteiger partial charge >= 0.3 is 0 Å². The monoisotopic (exact) mass is 300 g/mol. The van der Waals surface area contributed by atoms with Gasteiger partial charge < -0.3 is 10.1 Å². The molecule has 0 fully saturated rings. The summed E-state index contributed by atoms with van der Waals surface area (Å²) in [5.74, 6) is 0. The van der Waals surface area contributed by atoms with E-state index in [4.69, 9.17) is 4.74 Å². The molecule has 0 aromatic heterocycles. The van der Waals surface area contributed by atoms with Gasteiger partial charge in [0.25, 0.3) is 0 Å². The predicted molar refractivity (Wildman–Crippen MR) is 81.5 cm³/mol. The average molecular weight is 300 g/mol. The molecule has 0 saturated heterocycles. The van der Waals surface area contributed by atoms with E-state index in [0.29, 0.717) is 19.7 Å². The van der Waals surface area contributed by atoms with Gasteiger partial charge in [-0.2, -0.15) is 0 Å². The number of benzene rings is 1. The fourth-order valence-electron chi connectivity index (χ4n) is 1.78. The van der Waals surface area contributed by atoms with Crippen LogP contribution in [0.1, 0.15) is 27.7 Å². The Labute approximate surface area is 121 Å². The van der Waals surface area contributed by atoms with Crippen LogP contribution in [0.2, 0.25) is 0 Å². The molecule has 0 heterocycles. The molecule has 1 rings (SSSR count). The van der Waals surface area contributed by atoms with Crippen molar-refractivity contribution in [1.29, 1.82) is 0 Å². The van der Waals surface area contributed by atoms with Crippen LogP contribution in [0.25, 0.3) is 0 Å². The molecule has 2 N–H and O–H groups in total. The molecule has 0 amide bonds. The molecule has 114 valence electrons. The van der Waals surface area contributed by atoms with Crippen molar-refractivity contribution in [3.8, 4) is 0 Å². The second-order valence-corrected chi connectivity index (χ2v) is 6.84. The number of hydrogen-bond acceptors (Lipinski definition) is 4. The summed E-state index contributed by atoms with van der Waals surface area (Å²) >= 11 is 0. The van der Waals surface area contributed by atoms with E-state index < -0.39 is 10.0 Å². The minimum atomic E-state index is -3.38. The quantitative estimate of drug-likeness (QED) is 0.772. The molecular weight excluding hydrogens is 276 g/mol. The van der Waals surface area contributed by atoms with Crippen molar-refractivity contribution in [1.82, 2.24) is 4.72 Å². The molecule has 20 heavy (non-hydrogen) atoms. The predicted octanol–water partition coefficient (Wildman–Crippen LogP) is 2.21. The number of hydrogen-bond donors (Lipinski definition) is 2. The summed E-state index contributed by atoms with van der Waals surface area (Å²) in [4.78, 5) is 0.272. The molecule has 0 aliphatic heterocycles. The smallest absolute Gasteiger partial charge is 0.240 e. The maximum absolute atomic E-state index is 11.8. The first-order valence-corrected chi connectivity index (χ1v) is 8.26. The Morgan fingerprint density at radius 2 is 1.75 bits per heavy atom. The molecule has 0 aliphatic carbocycles. The van der Waals surface area contributed by atoms with E-state index in [0.717, 1.165) is 5.69 Å². The summed E-state index contributed by atoms with van der Waals surface area (Å²) in [5, 5.41) is 3.24. The maximum Gasteiger partial charge on any atom is 0.240 e. The molecule has 1 aromatic rings. The van der Waals surface area contributed by atoms with E-state index in [-0.39, 0.29) is 10.5 Å². The zero-order chi connectivity index (χ0) is 15.2. The van der Waals surface area contributed by atoms with Gasteiger partial charge in [-0.05, 0) is 45.0 Å². The van der Waals surface area contributed by atoms with Crippen molar-refractivity contribution in [3.63, 3.8) is 0 Å². The largest absolute Gasteiger partial charge is 0.382 e. The Bertz CT molecular complexity index is 510. The van der Waals surface area contributed by atoms with E-state index in [2.05, 4.69) is 10.0 Å². The summed E-state index contributed by atoms with van der Waals surface area (Å²) in [6.45, 7) is 9.42.